The first-order chi connectivity index (χ1) is 16.9. The summed E-state index contributed by atoms with van der Waals surface area (Å²) in [5, 5.41) is 4.01. The normalized spacial score (nSPS) is 12.7. The van der Waals surface area contributed by atoms with Crippen molar-refractivity contribution in [3.05, 3.63) is 83.9 Å². The van der Waals surface area contributed by atoms with Crippen molar-refractivity contribution in [1.82, 2.24) is 0 Å². The minimum absolute atomic E-state index is 0.400. The first-order valence-electron chi connectivity index (χ1n) is 11.1. The highest BCUT2D eigenvalue weighted by Gasteiger charge is 2.22. The third-order valence-electron chi connectivity index (χ3n) is 6.08. The maximum Gasteiger partial charge on any atom is 0.328 e. The van der Waals surface area contributed by atoms with Crippen LogP contribution in [0.25, 0.3) is 21.5 Å². The van der Waals surface area contributed by atoms with E-state index in [1.54, 1.807) is 28.1 Å². The van der Waals surface area contributed by atoms with Gasteiger partial charge >= 0.3 is 11.9 Å². The van der Waals surface area contributed by atoms with Crippen LogP contribution in [0.1, 0.15) is 36.8 Å². The lowest BCUT2D eigenvalue weighted by molar-refractivity contribution is -0.137. The molecule has 4 aromatic rings. The molecule has 0 aliphatic rings. The van der Waals surface area contributed by atoms with Gasteiger partial charge in [-0.2, -0.15) is 0 Å². The van der Waals surface area contributed by atoms with E-state index in [1.165, 1.54) is 0 Å². The summed E-state index contributed by atoms with van der Waals surface area (Å²) in [4.78, 5) is 25.1. The molecule has 180 valence electrons. The smallest absolute Gasteiger partial charge is 0.328 e. The number of benzene rings is 4. The lowest BCUT2D eigenvalue weighted by Crippen LogP contribution is -2.13. The summed E-state index contributed by atoms with van der Waals surface area (Å²) in [7, 11) is 3.25. The summed E-state index contributed by atoms with van der Waals surface area (Å²) in [6.07, 6.45) is 0. The van der Waals surface area contributed by atoms with Crippen LogP contribution < -0.4 is 9.47 Å². The van der Waals surface area contributed by atoms with Gasteiger partial charge in [0.2, 0.25) is 0 Å². The van der Waals surface area contributed by atoms with Crippen molar-refractivity contribution in [1.29, 1.82) is 0 Å². The van der Waals surface area contributed by atoms with Crippen LogP contribution in [0.15, 0.2) is 72.8 Å². The first kappa shape index (κ1) is 24.4. The molecule has 0 radical (unpaired) electrons. The van der Waals surface area contributed by atoms with Crippen molar-refractivity contribution >= 4 is 45.8 Å². The average molecular weight is 491 g/mol. The van der Waals surface area contributed by atoms with Gasteiger partial charge < -0.3 is 17.8 Å². The monoisotopic (exact) mass is 490 g/mol. The van der Waals surface area contributed by atoms with Crippen molar-refractivity contribution < 1.29 is 27.4 Å². The van der Waals surface area contributed by atoms with Gasteiger partial charge in [-0.05, 0) is 70.8 Å². The van der Waals surface area contributed by atoms with Gasteiger partial charge in [0.15, 0.2) is 0 Å². The highest BCUT2D eigenvalue weighted by atomic mass is 32.2. The topological polar surface area (TPSA) is 71.1 Å². The van der Waals surface area contributed by atoms with Crippen molar-refractivity contribution in [2.45, 2.75) is 25.7 Å². The van der Waals surface area contributed by atoms with Crippen LogP contribution in [0.2, 0.25) is 0 Å². The molecular weight excluding hydrogens is 464 g/mol. The summed E-state index contributed by atoms with van der Waals surface area (Å²) in [6.45, 7) is 3.50. The van der Waals surface area contributed by atoms with Gasteiger partial charge in [-0.15, -0.1) is 0 Å². The van der Waals surface area contributed by atoms with E-state index in [0.717, 1.165) is 44.2 Å². The highest BCUT2D eigenvalue weighted by Crippen LogP contribution is 2.29. The number of rotatable bonds is 8. The second kappa shape index (κ2) is 10.7. The van der Waals surface area contributed by atoms with Crippen molar-refractivity contribution in [2.24, 2.45) is 0 Å². The summed E-state index contributed by atoms with van der Waals surface area (Å²) >= 11 is 0.400. The van der Waals surface area contributed by atoms with Gasteiger partial charge in [0, 0.05) is 0 Å². The third-order valence-corrected chi connectivity index (χ3v) is 6.55. The van der Waals surface area contributed by atoms with E-state index in [0.29, 0.717) is 12.3 Å². The molecular formula is C28H26O6S. The summed E-state index contributed by atoms with van der Waals surface area (Å²) in [5.41, 5.74) is 1.61. The van der Waals surface area contributed by atoms with E-state index in [1.807, 2.05) is 72.8 Å². The standard InChI is InChI=1S/C28H26O6S/c1-17(19-5-7-23-15-25(31-3)11-9-21(23)13-19)27(29)33-35-34-28(30)18(2)20-6-8-24-16-26(32-4)12-10-22(24)14-20/h5-18H,1-4H3/t17-,18-/m0/s1. The summed E-state index contributed by atoms with van der Waals surface area (Å²) in [6, 6.07) is 23.0. The minimum Gasteiger partial charge on any atom is -0.497 e. The minimum atomic E-state index is -0.525. The lowest BCUT2D eigenvalue weighted by atomic mass is 9.98. The molecule has 35 heavy (non-hydrogen) atoms. The van der Waals surface area contributed by atoms with E-state index in [-0.39, 0.29) is 0 Å². The molecule has 4 rings (SSSR count). The molecule has 0 spiro atoms. The van der Waals surface area contributed by atoms with Crippen LogP contribution in [-0.4, -0.2) is 26.2 Å². The maximum atomic E-state index is 12.5. The van der Waals surface area contributed by atoms with Crippen LogP contribution >= 0.6 is 12.3 Å². The van der Waals surface area contributed by atoms with Gasteiger partial charge in [-0.1, -0.05) is 48.5 Å². The largest absolute Gasteiger partial charge is 0.497 e. The molecule has 0 aromatic heterocycles. The molecule has 0 aliphatic heterocycles. The molecule has 0 heterocycles. The van der Waals surface area contributed by atoms with Crippen LogP contribution in [0.4, 0.5) is 0 Å². The molecule has 0 bridgehead atoms. The highest BCUT2D eigenvalue weighted by molar-refractivity contribution is 7.90. The zero-order valence-electron chi connectivity index (χ0n) is 19.9. The number of carbonyl (C=O) groups is 2. The number of methoxy groups -OCH3 is 2. The van der Waals surface area contributed by atoms with Crippen LogP contribution in [0.5, 0.6) is 11.5 Å². The Morgan fingerprint density at radius 3 is 1.37 bits per heavy atom. The van der Waals surface area contributed by atoms with E-state index in [9.17, 15) is 9.59 Å². The zero-order valence-corrected chi connectivity index (χ0v) is 20.8. The molecule has 0 aliphatic carbocycles. The fourth-order valence-electron chi connectivity index (χ4n) is 3.78. The van der Waals surface area contributed by atoms with Gasteiger partial charge in [-0.25, -0.2) is 0 Å². The fraction of sp³-hybridized carbons (Fsp3) is 0.214. The molecule has 6 nitrogen and oxygen atoms in total. The molecule has 0 N–H and O–H groups in total. The van der Waals surface area contributed by atoms with Crippen LogP contribution in [-0.2, 0) is 18.0 Å². The Kier molecular flexibility index (Phi) is 7.46. The van der Waals surface area contributed by atoms with Gasteiger partial charge in [0.1, 0.15) is 11.5 Å². The van der Waals surface area contributed by atoms with Gasteiger partial charge in [0.05, 0.1) is 26.1 Å². The lowest BCUT2D eigenvalue weighted by Gasteiger charge is -2.13. The molecule has 0 amide bonds. The summed E-state index contributed by atoms with van der Waals surface area (Å²) in [5.74, 6) is -0.501. The van der Waals surface area contributed by atoms with Crippen molar-refractivity contribution in [2.75, 3.05) is 14.2 Å². The number of hydrogen-bond donors (Lipinski definition) is 0. The Balaban J connectivity index is 1.34. The van der Waals surface area contributed by atoms with Crippen molar-refractivity contribution in [3.63, 3.8) is 0 Å². The average Bonchev–Trinajstić information content (AvgIpc) is 2.90. The number of ether oxygens (including phenoxy) is 2. The van der Waals surface area contributed by atoms with Gasteiger partial charge in [-0.3, -0.25) is 9.59 Å². The maximum absolute atomic E-state index is 12.5. The van der Waals surface area contributed by atoms with E-state index in [2.05, 4.69) is 0 Å². The third kappa shape index (κ3) is 5.52. The quantitative estimate of drug-likeness (QED) is 0.259. The number of fused-ring (bicyclic) bond motifs is 2. The molecule has 7 heteroatoms. The second-order valence-electron chi connectivity index (χ2n) is 8.26. The fourth-order valence-corrected chi connectivity index (χ4v) is 4.23. The Labute approximate surface area is 208 Å². The molecule has 0 saturated carbocycles. The van der Waals surface area contributed by atoms with E-state index < -0.39 is 23.8 Å². The van der Waals surface area contributed by atoms with Gasteiger partial charge in [0.25, 0.3) is 12.3 Å². The molecule has 2 atom stereocenters. The second-order valence-corrected chi connectivity index (χ2v) is 8.73. The Bertz CT molecular complexity index is 1280. The number of hydrogen-bond acceptors (Lipinski definition) is 7. The molecule has 4 aromatic carbocycles. The zero-order chi connectivity index (χ0) is 24.9. The molecule has 0 saturated heterocycles. The Hall–Kier alpha value is -3.71. The predicted molar refractivity (Wildman–Crippen MR) is 138 cm³/mol. The van der Waals surface area contributed by atoms with E-state index in [4.69, 9.17) is 17.8 Å². The Morgan fingerprint density at radius 1 is 0.600 bits per heavy atom. The van der Waals surface area contributed by atoms with Crippen LogP contribution in [0.3, 0.4) is 0 Å². The molecule has 0 fully saturated rings. The predicted octanol–water partition coefficient (Wildman–Crippen LogP) is 6.57. The SMILES string of the molecule is COc1ccc2cc([C@H](C)C(=O)OSOC(=O)[C@@H](C)c3ccc4cc(OC)ccc4c3)ccc2c1. The summed E-state index contributed by atoms with van der Waals surface area (Å²) < 4.78 is 20.8. The number of carbonyl (C=O) groups excluding carboxylic acids is 2. The molecule has 0 unspecified atom stereocenters. The van der Waals surface area contributed by atoms with Crippen LogP contribution in [0, 0.1) is 0 Å². The Morgan fingerprint density at radius 2 is 0.971 bits per heavy atom. The van der Waals surface area contributed by atoms with Crippen molar-refractivity contribution in [3.8, 4) is 11.5 Å². The first-order valence-corrected chi connectivity index (χ1v) is 11.8. The van der Waals surface area contributed by atoms with E-state index >= 15 is 0 Å².